The summed E-state index contributed by atoms with van der Waals surface area (Å²) in [4.78, 5) is 29.0. The lowest BCUT2D eigenvalue weighted by molar-refractivity contribution is -0.143. The Labute approximate surface area is 144 Å². The molecule has 0 spiro atoms. The van der Waals surface area contributed by atoms with Crippen LogP contribution in [0.2, 0.25) is 0 Å². The maximum atomic E-state index is 12.7. The number of carbonyl (C=O) groups excluding carboxylic acids is 2. The largest absolute Gasteiger partial charge is 0.339 e. The van der Waals surface area contributed by atoms with Gasteiger partial charge in [-0.15, -0.1) is 11.8 Å². The van der Waals surface area contributed by atoms with Crippen LogP contribution in [0.25, 0.3) is 0 Å². The second kappa shape index (κ2) is 7.17. The fourth-order valence-electron chi connectivity index (χ4n) is 2.94. The molecule has 2 aliphatic heterocycles. The number of amides is 2. The van der Waals surface area contributed by atoms with Crippen LogP contribution in [0.4, 0.5) is 0 Å². The van der Waals surface area contributed by atoms with E-state index >= 15 is 0 Å². The molecular weight excluding hydrogens is 332 g/mol. The van der Waals surface area contributed by atoms with Gasteiger partial charge in [-0.05, 0) is 19.9 Å². The topological polar surface area (TPSA) is 58.4 Å². The SMILES string of the molecule is Cc1cc(C)n(CC(=O)N2CSCC2C(=O)N2CCSCC2)n1. The maximum absolute atomic E-state index is 12.7. The van der Waals surface area contributed by atoms with Crippen molar-refractivity contribution in [2.24, 2.45) is 0 Å². The van der Waals surface area contributed by atoms with E-state index in [-0.39, 0.29) is 24.4 Å². The number of aromatic nitrogens is 2. The lowest BCUT2D eigenvalue weighted by Gasteiger charge is -2.32. The number of thioether (sulfide) groups is 2. The van der Waals surface area contributed by atoms with Crippen molar-refractivity contribution < 1.29 is 9.59 Å². The summed E-state index contributed by atoms with van der Waals surface area (Å²) in [6.07, 6.45) is 0. The third kappa shape index (κ3) is 3.68. The molecule has 0 radical (unpaired) electrons. The molecule has 3 heterocycles. The molecule has 2 saturated heterocycles. The minimum atomic E-state index is -0.312. The minimum absolute atomic E-state index is 0.0223. The molecule has 2 amide bonds. The van der Waals surface area contributed by atoms with Crippen LogP contribution >= 0.6 is 23.5 Å². The van der Waals surface area contributed by atoms with E-state index in [9.17, 15) is 9.59 Å². The van der Waals surface area contributed by atoms with Gasteiger partial charge in [0.1, 0.15) is 12.6 Å². The molecule has 8 heteroatoms. The van der Waals surface area contributed by atoms with Gasteiger partial charge >= 0.3 is 0 Å². The zero-order valence-corrected chi connectivity index (χ0v) is 15.2. The molecule has 1 atom stereocenters. The van der Waals surface area contributed by atoms with E-state index in [1.807, 2.05) is 36.6 Å². The van der Waals surface area contributed by atoms with Crippen LogP contribution in [0.3, 0.4) is 0 Å². The summed E-state index contributed by atoms with van der Waals surface area (Å²) < 4.78 is 1.72. The molecule has 23 heavy (non-hydrogen) atoms. The van der Waals surface area contributed by atoms with Crippen LogP contribution in [-0.2, 0) is 16.1 Å². The van der Waals surface area contributed by atoms with E-state index in [1.165, 1.54) is 0 Å². The molecule has 6 nitrogen and oxygen atoms in total. The van der Waals surface area contributed by atoms with Crippen LogP contribution in [0, 0.1) is 13.8 Å². The van der Waals surface area contributed by atoms with E-state index in [0.29, 0.717) is 11.6 Å². The number of aryl methyl sites for hydroxylation is 2. The maximum Gasteiger partial charge on any atom is 0.246 e. The van der Waals surface area contributed by atoms with Crippen molar-refractivity contribution in [2.75, 3.05) is 36.2 Å². The normalized spacial score (nSPS) is 21.7. The first kappa shape index (κ1) is 16.7. The van der Waals surface area contributed by atoms with Gasteiger partial charge in [0.25, 0.3) is 0 Å². The lowest BCUT2D eigenvalue weighted by atomic mass is 10.2. The van der Waals surface area contributed by atoms with E-state index in [0.717, 1.165) is 36.0 Å². The van der Waals surface area contributed by atoms with E-state index in [4.69, 9.17) is 0 Å². The number of rotatable bonds is 3. The van der Waals surface area contributed by atoms with Crippen LogP contribution in [0.5, 0.6) is 0 Å². The molecule has 0 aliphatic carbocycles. The van der Waals surface area contributed by atoms with Gasteiger partial charge in [-0.3, -0.25) is 14.3 Å². The zero-order chi connectivity index (χ0) is 16.4. The number of hydrogen-bond donors (Lipinski definition) is 0. The second-order valence-electron chi connectivity index (χ2n) is 5.90. The Bertz CT molecular complexity index is 598. The molecule has 1 unspecified atom stereocenters. The highest BCUT2D eigenvalue weighted by Gasteiger charge is 2.37. The molecule has 2 fully saturated rings. The molecular formula is C15H22N4O2S2. The van der Waals surface area contributed by atoms with E-state index < -0.39 is 0 Å². The van der Waals surface area contributed by atoms with E-state index in [1.54, 1.807) is 21.3 Å². The molecule has 126 valence electrons. The van der Waals surface area contributed by atoms with Gasteiger partial charge < -0.3 is 9.80 Å². The van der Waals surface area contributed by atoms with Gasteiger partial charge in [0.15, 0.2) is 0 Å². The first-order valence-corrected chi connectivity index (χ1v) is 10.1. The summed E-state index contributed by atoms with van der Waals surface area (Å²) in [7, 11) is 0. The Morgan fingerprint density at radius 3 is 2.65 bits per heavy atom. The van der Waals surface area contributed by atoms with Crippen molar-refractivity contribution in [3.05, 3.63) is 17.5 Å². The molecule has 3 rings (SSSR count). The predicted octanol–water partition coefficient (Wildman–Crippen LogP) is 0.977. The highest BCUT2D eigenvalue weighted by atomic mass is 32.2. The van der Waals surface area contributed by atoms with Gasteiger partial charge in [-0.25, -0.2) is 0 Å². The molecule has 2 aliphatic rings. The Hall–Kier alpha value is -1.15. The molecule has 0 aromatic carbocycles. The van der Waals surface area contributed by atoms with Crippen LogP contribution < -0.4 is 0 Å². The van der Waals surface area contributed by atoms with Crippen molar-refractivity contribution in [1.29, 1.82) is 0 Å². The monoisotopic (exact) mass is 354 g/mol. The highest BCUT2D eigenvalue weighted by molar-refractivity contribution is 7.99. The molecule has 1 aromatic heterocycles. The summed E-state index contributed by atoms with van der Waals surface area (Å²) >= 11 is 3.53. The van der Waals surface area contributed by atoms with Crippen LogP contribution in [0.1, 0.15) is 11.4 Å². The fourth-order valence-corrected chi connectivity index (χ4v) is 5.02. The van der Waals surface area contributed by atoms with Gasteiger partial charge in [-0.1, -0.05) is 0 Å². The number of hydrogen-bond acceptors (Lipinski definition) is 5. The summed E-state index contributed by atoms with van der Waals surface area (Å²) in [6, 6.07) is 1.65. The standard InChI is InChI=1S/C15H22N4O2S2/c1-11-7-12(2)19(16-11)8-14(20)18-10-23-9-13(18)15(21)17-3-5-22-6-4-17/h7,13H,3-6,8-10H2,1-2H3. The van der Waals surface area contributed by atoms with Gasteiger partial charge in [0.05, 0.1) is 11.6 Å². The number of carbonyl (C=O) groups is 2. The summed E-state index contributed by atoms with van der Waals surface area (Å²) in [5.74, 6) is 3.36. The van der Waals surface area contributed by atoms with Gasteiger partial charge in [-0.2, -0.15) is 16.9 Å². The molecule has 1 aromatic rings. The Morgan fingerprint density at radius 1 is 1.26 bits per heavy atom. The van der Waals surface area contributed by atoms with Crippen molar-refractivity contribution in [3.8, 4) is 0 Å². The smallest absolute Gasteiger partial charge is 0.246 e. The first-order chi connectivity index (χ1) is 11.1. The third-order valence-electron chi connectivity index (χ3n) is 4.20. The van der Waals surface area contributed by atoms with Crippen molar-refractivity contribution >= 4 is 35.3 Å². The quantitative estimate of drug-likeness (QED) is 0.810. The van der Waals surface area contributed by atoms with Crippen molar-refractivity contribution in [1.82, 2.24) is 19.6 Å². The zero-order valence-electron chi connectivity index (χ0n) is 13.5. The predicted molar refractivity (Wildman–Crippen MR) is 93.6 cm³/mol. The fraction of sp³-hybridized carbons (Fsp3) is 0.667. The van der Waals surface area contributed by atoms with E-state index in [2.05, 4.69) is 5.10 Å². The highest BCUT2D eigenvalue weighted by Crippen LogP contribution is 2.24. The Morgan fingerprint density at radius 2 is 2.00 bits per heavy atom. The second-order valence-corrected chi connectivity index (χ2v) is 8.13. The summed E-state index contributed by atoms with van der Waals surface area (Å²) in [5, 5.41) is 4.35. The van der Waals surface area contributed by atoms with Crippen LogP contribution in [0.15, 0.2) is 6.07 Å². The van der Waals surface area contributed by atoms with Crippen molar-refractivity contribution in [3.63, 3.8) is 0 Å². The molecule has 0 saturated carbocycles. The lowest BCUT2D eigenvalue weighted by Crippen LogP contribution is -2.51. The van der Waals surface area contributed by atoms with Gasteiger partial charge in [0, 0.05) is 36.0 Å². The molecule has 0 bridgehead atoms. The average Bonchev–Trinajstić information content (AvgIpc) is 3.14. The first-order valence-electron chi connectivity index (χ1n) is 7.81. The number of nitrogens with zero attached hydrogens (tertiary/aromatic N) is 4. The summed E-state index contributed by atoms with van der Waals surface area (Å²) in [6.45, 7) is 5.66. The Kier molecular flexibility index (Phi) is 5.21. The van der Waals surface area contributed by atoms with Crippen molar-refractivity contribution in [2.45, 2.75) is 26.4 Å². The molecule has 0 N–H and O–H groups in total. The third-order valence-corrected chi connectivity index (χ3v) is 6.15. The van der Waals surface area contributed by atoms with Gasteiger partial charge in [0.2, 0.25) is 11.8 Å². The summed E-state index contributed by atoms with van der Waals surface area (Å²) in [5.41, 5.74) is 1.88. The average molecular weight is 355 g/mol. The minimum Gasteiger partial charge on any atom is -0.339 e. The Balaban J connectivity index is 1.66. The van der Waals surface area contributed by atoms with Crippen LogP contribution in [-0.4, -0.2) is 73.7 Å².